The van der Waals surface area contributed by atoms with Crippen molar-refractivity contribution in [2.75, 3.05) is 0 Å². The molecular formula is C9H5ClF2N2O. The molecule has 1 aromatic heterocycles. The largest absolute Gasteiger partial charge is 0.281 e. The third-order valence-electron chi connectivity index (χ3n) is 1.77. The van der Waals surface area contributed by atoms with E-state index in [1.54, 1.807) is 6.07 Å². The minimum Gasteiger partial charge on any atom is -0.276 e. The summed E-state index contributed by atoms with van der Waals surface area (Å²) in [6, 6.07) is 2.80. The molecule has 6 heteroatoms. The van der Waals surface area contributed by atoms with Gasteiger partial charge in [0.1, 0.15) is 17.5 Å². The zero-order chi connectivity index (χ0) is 11.6. The van der Waals surface area contributed by atoms with Gasteiger partial charge in [0.2, 0.25) is 0 Å². The van der Waals surface area contributed by atoms with Crippen LogP contribution in [0.1, 0.15) is 33.7 Å². The lowest BCUT2D eigenvalue weighted by molar-refractivity contribution is 0.106. The zero-order valence-corrected chi connectivity index (χ0v) is 8.35. The van der Waals surface area contributed by atoms with Crippen molar-refractivity contribution >= 4 is 16.8 Å². The third kappa shape index (κ3) is 2.28. The summed E-state index contributed by atoms with van der Waals surface area (Å²) in [5, 5.41) is 7.57. The smallest absolute Gasteiger partial charge is 0.276 e. The molecule has 0 aromatic carbocycles. The van der Waals surface area contributed by atoms with Crippen molar-refractivity contribution in [3.8, 4) is 6.07 Å². The van der Waals surface area contributed by atoms with Gasteiger partial charge in [0.15, 0.2) is 0 Å². The lowest BCUT2D eigenvalue weighted by atomic mass is 10.1. The summed E-state index contributed by atoms with van der Waals surface area (Å²) in [5.74, 6) is 0. The Morgan fingerprint density at radius 2 is 2.27 bits per heavy atom. The predicted octanol–water partition coefficient (Wildman–Crippen LogP) is 2.58. The molecule has 0 aliphatic heterocycles. The Labute approximate surface area is 89.3 Å². The molecule has 0 aliphatic carbocycles. The molecule has 0 amide bonds. The quantitative estimate of drug-likeness (QED) is 0.734. The summed E-state index contributed by atoms with van der Waals surface area (Å²) in [7, 11) is 0. The Morgan fingerprint density at radius 3 is 2.67 bits per heavy atom. The van der Waals surface area contributed by atoms with Crippen molar-refractivity contribution in [2.45, 2.75) is 13.3 Å². The highest BCUT2D eigenvalue weighted by Gasteiger charge is 2.20. The fourth-order valence-electron chi connectivity index (χ4n) is 1.06. The number of pyridine rings is 1. The lowest BCUT2D eigenvalue weighted by Crippen LogP contribution is -2.05. The van der Waals surface area contributed by atoms with Crippen molar-refractivity contribution in [2.24, 2.45) is 0 Å². The van der Waals surface area contributed by atoms with Gasteiger partial charge in [0.25, 0.3) is 11.7 Å². The number of nitriles is 1. The highest BCUT2D eigenvalue weighted by Crippen LogP contribution is 2.24. The van der Waals surface area contributed by atoms with Crippen LogP contribution in [-0.2, 0) is 0 Å². The van der Waals surface area contributed by atoms with Crippen LogP contribution in [0.4, 0.5) is 8.78 Å². The van der Waals surface area contributed by atoms with Crippen molar-refractivity contribution in [3.63, 3.8) is 0 Å². The summed E-state index contributed by atoms with van der Waals surface area (Å²) >= 11 is 5.12. The van der Waals surface area contributed by atoms with Crippen LogP contribution in [0, 0.1) is 18.3 Å². The van der Waals surface area contributed by atoms with E-state index in [-0.39, 0.29) is 11.3 Å². The molecule has 0 saturated carbocycles. The van der Waals surface area contributed by atoms with Gasteiger partial charge in [0.05, 0.1) is 5.56 Å². The second-order valence-electron chi connectivity index (χ2n) is 2.77. The van der Waals surface area contributed by atoms with Gasteiger partial charge in [-0.1, -0.05) is 0 Å². The number of carbonyl (C=O) groups excluding carboxylic acids is 1. The molecule has 3 nitrogen and oxygen atoms in total. The topological polar surface area (TPSA) is 53.8 Å². The van der Waals surface area contributed by atoms with Crippen molar-refractivity contribution in [1.82, 2.24) is 4.98 Å². The number of carbonyl (C=O) groups is 1. The number of hydrogen-bond donors (Lipinski definition) is 0. The standard InChI is InChI=1S/C9H5ClF2N2O/c1-4-2-5(8(10)15)7(9(11)12)14-6(4)3-13/h2,9H,1H3. The average molecular weight is 231 g/mol. The number of nitrogens with zero attached hydrogens (tertiary/aromatic N) is 2. The van der Waals surface area contributed by atoms with Gasteiger partial charge in [0, 0.05) is 0 Å². The summed E-state index contributed by atoms with van der Waals surface area (Å²) in [6.45, 7) is 1.49. The van der Waals surface area contributed by atoms with Crippen LogP contribution in [0.3, 0.4) is 0 Å². The highest BCUT2D eigenvalue weighted by molar-refractivity contribution is 6.67. The molecule has 1 rings (SSSR count). The fraction of sp³-hybridized carbons (Fsp3) is 0.222. The van der Waals surface area contributed by atoms with E-state index in [1.807, 2.05) is 0 Å². The van der Waals surface area contributed by atoms with Crippen LogP contribution in [0.2, 0.25) is 0 Å². The number of aryl methyl sites for hydroxylation is 1. The molecule has 1 aromatic rings. The van der Waals surface area contributed by atoms with E-state index in [0.29, 0.717) is 5.56 Å². The summed E-state index contributed by atoms with van der Waals surface area (Å²) in [5.41, 5.74) is -0.904. The lowest BCUT2D eigenvalue weighted by Gasteiger charge is -2.06. The Bertz CT molecular complexity index is 454. The van der Waals surface area contributed by atoms with Gasteiger partial charge in [-0.25, -0.2) is 13.8 Å². The fourth-order valence-corrected chi connectivity index (χ4v) is 1.22. The molecular weight excluding hydrogens is 226 g/mol. The number of aromatic nitrogens is 1. The maximum absolute atomic E-state index is 12.5. The van der Waals surface area contributed by atoms with Gasteiger partial charge < -0.3 is 0 Å². The van der Waals surface area contributed by atoms with Crippen LogP contribution in [0.15, 0.2) is 6.07 Å². The van der Waals surface area contributed by atoms with E-state index in [0.717, 1.165) is 6.07 Å². The summed E-state index contributed by atoms with van der Waals surface area (Å²) < 4.78 is 24.9. The van der Waals surface area contributed by atoms with E-state index in [1.165, 1.54) is 6.92 Å². The number of halogens is 3. The molecule has 0 spiro atoms. The van der Waals surface area contributed by atoms with Crippen LogP contribution in [-0.4, -0.2) is 10.2 Å². The molecule has 0 atom stereocenters. The first-order valence-electron chi connectivity index (χ1n) is 3.87. The molecule has 0 radical (unpaired) electrons. The Morgan fingerprint density at radius 1 is 1.67 bits per heavy atom. The van der Waals surface area contributed by atoms with Gasteiger partial charge in [-0.2, -0.15) is 5.26 Å². The normalized spacial score (nSPS) is 10.1. The number of hydrogen-bond acceptors (Lipinski definition) is 3. The molecule has 0 aliphatic rings. The van der Waals surface area contributed by atoms with Crippen molar-refractivity contribution in [1.29, 1.82) is 5.26 Å². The second-order valence-corrected chi connectivity index (χ2v) is 3.12. The number of alkyl halides is 2. The highest BCUT2D eigenvalue weighted by atomic mass is 35.5. The van der Waals surface area contributed by atoms with E-state index in [2.05, 4.69) is 4.98 Å². The Hall–Kier alpha value is -1.54. The molecule has 0 unspecified atom stereocenters. The summed E-state index contributed by atoms with van der Waals surface area (Å²) in [4.78, 5) is 14.2. The van der Waals surface area contributed by atoms with Crippen molar-refractivity contribution in [3.05, 3.63) is 28.6 Å². The van der Waals surface area contributed by atoms with Gasteiger partial charge in [-0.15, -0.1) is 0 Å². The van der Waals surface area contributed by atoms with Gasteiger partial charge >= 0.3 is 0 Å². The van der Waals surface area contributed by atoms with Crippen LogP contribution in [0.25, 0.3) is 0 Å². The predicted molar refractivity (Wildman–Crippen MR) is 48.8 cm³/mol. The van der Waals surface area contributed by atoms with E-state index >= 15 is 0 Å². The maximum atomic E-state index is 12.5. The number of rotatable bonds is 2. The van der Waals surface area contributed by atoms with Crippen LogP contribution < -0.4 is 0 Å². The van der Waals surface area contributed by atoms with E-state index in [9.17, 15) is 13.6 Å². The average Bonchev–Trinajstić information content (AvgIpc) is 2.16. The third-order valence-corrected chi connectivity index (χ3v) is 1.97. The second kappa shape index (κ2) is 4.32. The van der Waals surface area contributed by atoms with E-state index < -0.39 is 17.4 Å². The first-order chi connectivity index (χ1) is 6.97. The maximum Gasteiger partial charge on any atom is 0.281 e. The van der Waals surface area contributed by atoms with Crippen molar-refractivity contribution < 1.29 is 13.6 Å². The molecule has 0 bridgehead atoms. The molecule has 0 fully saturated rings. The molecule has 0 N–H and O–H groups in total. The Kier molecular flexibility index (Phi) is 3.32. The van der Waals surface area contributed by atoms with Crippen LogP contribution >= 0.6 is 11.6 Å². The molecule has 15 heavy (non-hydrogen) atoms. The zero-order valence-electron chi connectivity index (χ0n) is 7.59. The van der Waals surface area contributed by atoms with Gasteiger partial charge in [-0.3, -0.25) is 4.79 Å². The molecule has 0 saturated heterocycles. The molecule has 1 heterocycles. The first kappa shape index (κ1) is 11.5. The minimum atomic E-state index is -2.93. The van der Waals surface area contributed by atoms with Gasteiger partial charge in [-0.05, 0) is 30.2 Å². The molecule has 78 valence electrons. The van der Waals surface area contributed by atoms with Crippen LogP contribution in [0.5, 0.6) is 0 Å². The SMILES string of the molecule is Cc1cc(C(=O)Cl)c(C(F)F)nc1C#N. The summed E-state index contributed by atoms with van der Waals surface area (Å²) in [6.07, 6.45) is -2.93. The minimum absolute atomic E-state index is 0.132. The Balaban J connectivity index is 3.47. The monoisotopic (exact) mass is 230 g/mol. The first-order valence-corrected chi connectivity index (χ1v) is 4.24. The van der Waals surface area contributed by atoms with E-state index in [4.69, 9.17) is 16.9 Å².